The number of likely N-dealkylation sites (tertiary alicyclic amines) is 2. The first-order valence-electron chi connectivity index (χ1n) is 9.79. The van der Waals surface area contributed by atoms with Crippen molar-refractivity contribution in [1.29, 1.82) is 0 Å². The fourth-order valence-electron chi connectivity index (χ4n) is 4.99. The van der Waals surface area contributed by atoms with Gasteiger partial charge < -0.3 is 10.6 Å². The quantitative estimate of drug-likeness (QED) is 0.922. The zero-order valence-electron chi connectivity index (χ0n) is 15.8. The maximum atomic E-state index is 6.03. The summed E-state index contributed by atoms with van der Waals surface area (Å²) in [5, 5.41) is 0. The molecule has 138 valence electrons. The highest BCUT2D eigenvalue weighted by atomic mass is 15.2. The number of nitrogens with two attached hydrogens (primary N) is 1. The molecule has 2 N–H and O–H groups in total. The number of hydrogen-bond donors (Lipinski definition) is 1. The fourth-order valence-corrected chi connectivity index (χ4v) is 4.99. The lowest BCUT2D eigenvalue weighted by molar-refractivity contribution is 0.0219. The molecule has 3 heterocycles. The molecule has 0 saturated carbocycles. The lowest BCUT2D eigenvalue weighted by Gasteiger charge is -2.49. The number of hydrogen-bond acceptors (Lipinski definition) is 4. The van der Waals surface area contributed by atoms with Crippen molar-refractivity contribution >= 4 is 5.82 Å². The Morgan fingerprint density at radius 1 is 1.12 bits per heavy atom. The minimum atomic E-state index is 0.463. The van der Waals surface area contributed by atoms with E-state index < -0.39 is 0 Å². The molecule has 2 saturated heterocycles. The van der Waals surface area contributed by atoms with Crippen molar-refractivity contribution in [3.05, 3.63) is 59.8 Å². The summed E-state index contributed by atoms with van der Waals surface area (Å²) >= 11 is 0. The van der Waals surface area contributed by atoms with Crippen LogP contribution in [-0.4, -0.2) is 48.0 Å². The van der Waals surface area contributed by atoms with Gasteiger partial charge >= 0.3 is 0 Å². The maximum Gasteiger partial charge on any atom is 0.127 e. The summed E-state index contributed by atoms with van der Waals surface area (Å²) in [5.74, 6) is 1.34. The van der Waals surface area contributed by atoms with Gasteiger partial charge in [0.2, 0.25) is 0 Å². The van der Waals surface area contributed by atoms with Gasteiger partial charge in [-0.15, -0.1) is 0 Å². The van der Waals surface area contributed by atoms with E-state index >= 15 is 0 Å². The molecule has 0 unspecified atom stereocenters. The zero-order chi connectivity index (χ0) is 18.0. The number of piperidine rings is 2. The lowest BCUT2D eigenvalue weighted by atomic mass is 9.68. The van der Waals surface area contributed by atoms with E-state index in [0.717, 1.165) is 25.2 Å². The molecular weight excluding hydrogens is 320 g/mol. The minimum Gasteiger partial charge on any atom is -0.383 e. The van der Waals surface area contributed by atoms with Gasteiger partial charge in [-0.05, 0) is 62.4 Å². The molecule has 0 radical (unpaired) electrons. The summed E-state index contributed by atoms with van der Waals surface area (Å²) in [6, 6.07) is 15.2. The van der Waals surface area contributed by atoms with Gasteiger partial charge in [0.05, 0.1) is 0 Å². The highest BCUT2D eigenvalue weighted by Gasteiger charge is 2.41. The molecular formula is C22H30N4. The van der Waals surface area contributed by atoms with Crippen LogP contribution in [0.25, 0.3) is 0 Å². The van der Waals surface area contributed by atoms with Crippen LogP contribution < -0.4 is 5.73 Å². The van der Waals surface area contributed by atoms with E-state index in [-0.39, 0.29) is 0 Å². The van der Waals surface area contributed by atoms with Crippen LogP contribution in [0.4, 0.5) is 5.82 Å². The predicted molar refractivity (Wildman–Crippen MR) is 107 cm³/mol. The average Bonchev–Trinajstić information content (AvgIpc) is 2.66. The highest BCUT2D eigenvalue weighted by Crippen LogP contribution is 2.44. The third kappa shape index (κ3) is 3.76. The number of nitrogens with zero attached hydrogens (tertiary/aromatic N) is 3. The van der Waals surface area contributed by atoms with Crippen molar-refractivity contribution in [3.63, 3.8) is 0 Å². The summed E-state index contributed by atoms with van der Waals surface area (Å²) in [4.78, 5) is 9.32. The van der Waals surface area contributed by atoms with Crippen LogP contribution in [0.3, 0.4) is 0 Å². The topological polar surface area (TPSA) is 45.4 Å². The maximum absolute atomic E-state index is 6.03. The third-order valence-electron chi connectivity index (χ3n) is 6.32. The molecule has 2 aromatic rings. The van der Waals surface area contributed by atoms with Crippen LogP contribution in [0.15, 0.2) is 48.7 Å². The lowest BCUT2D eigenvalue weighted by Crippen LogP contribution is -2.50. The van der Waals surface area contributed by atoms with Crippen molar-refractivity contribution in [2.24, 2.45) is 5.41 Å². The van der Waals surface area contributed by atoms with E-state index in [1.165, 1.54) is 37.9 Å². The molecule has 4 rings (SSSR count). The van der Waals surface area contributed by atoms with E-state index in [0.29, 0.717) is 17.2 Å². The number of nitrogen functional groups attached to an aromatic ring is 1. The molecule has 2 aliphatic heterocycles. The normalized spacial score (nSPS) is 24.0. The fraction of sp³-hybridized carbons (Fsp3) is 0.500. The highest BCUT2D eigenvalue weighted by molar-refractivity contribution is 5.38. The van der Waals surface area contributed by atoms with E-state index in [2.05, 4.69) is 58.2 Å². The molecule has 26 heavy (non-hydrogen) atoms. The predicted octanol–water partition coefficient (Wildman–Crippen LogP) is 3.37. The summed E-state index contributed by atoms with van der Waals surface area (Å²) in [7, 11) is 2.29. The standard InChI is InChI=1S/C22H30N4/c1-25-15-20(18-6-3-2-4-7-18)14-22(17-25)9-12-26(13-10-22)16-19-8-5-11-24-21(19)23/h2-8,11,20H,9-10,12-17H2,1H3,(H2,23,24)/t20-/m1/s1. The number of likely N-dealkylation sites (N-methyl/N-ethyl adjacent to an activating group) is 1. The smallest absolute Gasteiger partial charge is 0.127 e. The molecule has 2 aliphatic rings. The second kappa shape index (κ2) is 7.37. The summed E-state index contributed by atoms with van der Waals surface area (Å²) < 4.78 is 0. The van der Waals surface area contributed by atoms with Gasteiger partial charge in [0, 0.05) is 31.4 Å². The largest absolute Gasteiger partial charge is 0.383 e. The molecule has 2 fully saturated rings. The second-order valence-electron chi connectivity index (χ2n) is 8.33. The Bertz CT molecular complexity index is 722. The molecule has 1 aromatic heterocycles. The number of benzene rings is 1. The first-order chi connectivity index (χ1) is 12.6. The number of aromatic nitrogens is 1. The monoisotopic (exact) mass is 350 g/mol. The molecule has 0 aliphatic carbocycles. The van der Waals surface area contributed by atoms with Crippen molar-refractivity contribution in [2.75, 3.05) is 39.0 Å². The van der Waals surface area contributed by atoms with E-state index in [4.69, 9.17) is 5.73 Å². The molecule has 1 aromatic carbocycles. The van der Waals surface area contributed by atoms with Gasteiger partial charge in [-0.25, -0.2) is 4.98 Å². The number of anilines is 1. The van der Waals surface area contributed by atoms with Crippen LogP contribution in [0, 0.1) is 5.41 Å². The van der Waals surface area contributed by atoms with E-state index in [1.54, 1.807) is 6.20 Å². The van der Waals surface area contributed by atoms with Gasteiger partial charge in [-0.2, -0.15) is 0 Å². The van der Waals surface area contributed by atoms with Crippen molar-refractivity contribution in [1.82, 2.24) is 14.8 Å². The number of rotatable bonds is 3. The van der Waals surface area contributed by atoms with E-state index in [9.17, 15) is 0 Å². The summed E-state index contributed by atoms with van der Waals surface area (Å²) in [6.07, 6.45) is 5.65. The molecule has 0 bridgehead atoms. The Balaban J connectivity index is 1.41. The second-order valence-corrected chi connectivity index (χ2v) is 8.33. The van der Waals surface area contributed by atoms with Crippen molar-refractivity contribution < 1.29 is 0 Å². The summed E-state index contributed by atoms with van der Waals surface area (Å²) in [5.41, 5.74) is 9.16. The SMILES string of the molecule is CN1C[C@H](c2ccccc2)CC2(CCN(Cc3cccnc3N)CC2)C1. The van der Waals surface area contributed by atoms with Crippen LogP contribution in [0.2, 0.25) is 0 Å². The van der Waals surface area contributed by atoms with Gasteiger partial charge in [0.15, 0.2) is 0 Å². The molecule has 4 heteroatoms. The van der Waals surface area contributed by atoms with Crippen molar-refractivity contribution in [2.45, 2.75) is 31.7 Å². The molecule has 1 atom stereocenters. The van der Waals surface area contributed by atoms with Crippen LogP contribution in [0.5, 0.6) is 0 Å². The van der Waals surface area contributed by atoms with Crippen LogP contribution >= 0.6 is 0 Å². The first-order valence-corrected chi connectivity index (χ1v) is 9.79. The molecule has 0 amide bonds. The molecule has 1 spiro atoms. The van der Waals surface area contributed by atoms with Gasteiger partial charge in [0.1, 0.15) is 5.82 Å². The zero-order valence-corrected chi connectivity index (χ0v) is 15.8. The van der Waals surface area contributed by atoms with Crippen molar-refractivity contribution in [3.8, 4) is 0 Å². The number of pyridine rings is 1. The third-order valence-corrected chi connectivity index (χ3v) is 6.32. The first kappa shape index (κ1) is 17.5. The Morgan fingerprint density at radius 2 is 1.88 bits per heavy atom. The summed E-state index contributed by atoms with van der Waals surface area (Å²) in [6.45, 7) is 5.65. The van der Waals surface area contributed by atoms with Gasteiger partial charge in [0.25, 0.3) is 0 Å². The Morgan fingerprint density at radius 3 is 2.62 bits per heavy atom. The van der Waals surface area contributed by atoms with Gasteiger partial charge in [-0.1, -0.05) is 36.4 Å². The Kier molecular flexibility index (Phi) is 4.96. The Hall–Kier alpha value is -1.91. The van der Waals surface area contributed by atoms with Crippen LogP contribution in [-0.2, 0) is 6.54 Å². The minimum absolute atomic E-state index is 0.463. The van der Waals surface area contributed by atoms with Gasteiger partial charge in [-0.3, -0.25) is 4.90 Å². The van der Waals surface area contributed by atoms with E-state index in [1.807, 2.05) is 6.07 Å². The molecule has 4 nitrogen and oxygen atoms in total. The van der Waals surface area contributed by atoms with Crippen LogP contribution in [0.1, 0.15) is 36.3 Å². The Labute approximate surface area is 157 Å². The average molecular weight is 351 g/mol.